The SMILES string of the molecule is COc1cc(C=C(CC2CC2)C(=O)O)ccc1-n1cnc(C)c1. The zero-order valence-corrected chi connectivity index (χ0v) is 13.3. The van der Waals surface area contributed by atoms with E-state index in [-0.39, 0.29) is 0 Å². The summed E-state index contributed by atoms with van der Waals surface area (Å²) >= 11 is 0. The normalized spacial score (nSPS) is 14.8. The van der Waals surface area contributed by atoms with E-state index in [4.69, 9.17) is 4.74 Å². The number of aryl methyl sites for hydroxylation is 1. The van der Waals surface area contributed by atoms with E-state index in [1.165, 1.54) is 0 Å². The van der Waals surface area contributed by atoms with Crippen LogP contribution in [-0.2, 0) is 4.79 Å². The van der Waals surface area contributed by atoms with E-state index < -0.39 is 5.97 Å². The molecule has 5 heteroatoms. The van der Waals surface area contributed by atoms with Crippen LogP contribution < -0.4 is 4.74 Å². The second-order valence-electron chi connectivity index (χ2n) is 5.98. The lowest BCUT2D eigenvalue weighted by Crippen LogP contribution is -2.02. The Morgan fingerprint density at radius 3 is 2.83 bits per heavy atom. The number of aliphatic carboxylic acids is 1. The zero-order valence-electron chi connectivity index (χ0n) is 13.3. The van der Waals surface area contributed by atoms with Crippen molar-refractivity contribution in [2.45, 2.75) is 26.2 Å². The van der Waals surface area contributed by atoms with E-state index >= 15 is 0 Å². The first-order valence-electron chi connectivity index (χ1n) is 7.69. The van der Waals surface area contributed by atoms with Gasteiger partial charge in [-0.15, -0.1) is 0 Å². The van der Waals surface area contributed by atoms with Crippen LogP contribution in [0.1, 0.15) is 30.5 Å². The fraction of sp³-hybridized carbons (Fsp3) is 0.333. The van der Waals surface area contributed by atoms with Gasteiger partial charge in [-0.25, -0.2) is 9.78 Å². The first kappa shape index (κ1) is 15.3. The molecule has 0 unspecified atom stereocenters. The largest absolute Gasteiger partial charge is 0.495 e. The Morgan fingerprint density at radius 1 is 1.48 bits per heavy atom. The molecule has 1 aliphatic carbocycles. The quantitative estimate of drug-likeness (QED) is 0.830. The van der Waals surface area contributed by atoms with Crippen molar-refractivity contribution in [1.29, 1.82) is 0 Å². The standard InChI is InChI=1S/C18H20N2O3/c1-12-10-20(11-19-12)16-6-5-14(9-17(16)23-2)8-15(18(21)22)7-13-3-4-13/h5-6,8-11,13H,3-4,7H2,1-2H3,(H,21,22). The lowest BCUT2D eigenvalue weighted by atomic mass is 10.0. The molecule has 1 aliphatic rings. The van der Waals surface area contributed by atoms with Gasteiger partial charge in [-0.1, -0.05) is 6.07 Å². The fourth-order valence-corrected chi connectivity index (χ4v) is 2.59. The van der Waals surface area contributed by atoms with E-state index in [0.29, 0.717) is 23.7 Å². The van der Waals surface area contributed by atoms with Gasteiger partial charge in [0.1, 0.15) is 5.75 Å². The zero-order chi connectivity index (χ0) is 16.4. The Kier molecular flexibility index (Phi) is 4.19. The summed E-state index contributed by atoms with van der Waals surface area (Å²) in [5, 5.41) is 9.36. The molecule has 0 saturated heterocycles. The molecule has 0 aliphatic heterocycles. The van der Waals surface area contributed by atoms with Crippen molar-refractivity contribution in [2.75, 3.05) is 7.11 Å². The predicted molar refractivity (Wildman–Crippen MR) is 87.8 cm³/mol. The van der Waals surface area contributed by atoms with E-state index in [1.807, 2.05) is 35.9 Å². The molecule has 0 atom stereocenters. The topological polar surface area (TPSA) is 64.3 Å². The Balaban J connectivity index is 1.93. The maximum atomic E-state index is 11.4. The van der Waals surface area contributed by atoms with Crippen LogP contribution in [0.15, 0.2) is 36.3 Å². The highest BCUT2D eigenvalue weighted by Crippen LogP contribution is 2.36. The minimum atomic E-state index is -0.842. The minimum Gasteiger partial charge on any atom is -0.495 e. The number of nitrogens with zero attached hydrogens (tertiary/aromatic N) is 2. The van der Waals surface area contributed by atoms with Gasteiger partial charge >= 0.3 is 5.97 Å². The number of carboxylic acid groups (broad SMARTS) is 1. The van der Waals surface area contributed by atoms with Crippen LogP contribution in [0.3, 0.4) is 0 Å². The molecule has 3 rings (SSSR count). The number of aromatic nitrogens is 2. The maximum Gasteiger partial charge on any atom is 0.331 e. The number of rotatable bonds is 6. The molecule has 5 nitrogen and oxygen atoms in total. The van der Waals surface area contributed by atoms with E-state index in [2.05, 4.69) is 4.98 Å². The van der Waals surface area contributed by atoms with Crippen LogP contribution in [0.5, 0.6) is 5.75 Å². The van der Waals surface area contributed by atoms with Crippen molar-refractivity contribution >= 4 is 12.0 Å². The molecule has 1 N–H and O–H groups in total. The maximum absolute atomic E-state index is 11.4. The van der Waals surface area contributed by atoms with Gasteiger partial charge in [-0.3, -0.25) is 0 Å². The van der Waals surface area contributed by atoms with Crippen molar-refractivity contribution in [3.8, 4) is 11.4 Å². The third kappa shape index (κ3) is 3.62. The highest BCUT2D eigenvalue weighted by atomic mass is 16.5. The van der Waals surface area contributed by atoms with Crippen LogP contribution in [0.25, 0.3) is 11.8 Å². The summed E-state index contributed by atoms with van der Waals surface area (Å²) in [6.07, 6.45) is 8.30. The number of benzene rings is 1. The van der Waals surface area contributed by atoms with Crippen molar-refractivity contribution in [3.63, 3.8) is 0 Å². The predicted octanol–water partition coefficient (Wildman–Crippen LogP) is 3.46. The van der Waals surface area contributed by atoms with Gasteiger partial charge in [-0.2, -0.15) is 0 Å². The Hall–Kier alpha value is -2.56. The Morgan fingerprint density at radius 2 is 2.26 bits per heavy atom. The number of methoxy groups -OCH3 is 1. The average Bonchev–Trinajstić information content (AvgIpc) is 3.25. The third-order valence-corrected chi connectivity index (χ3v) is 4.01. The summed E-state index contributed by atoms with van der Waals surface area (Å²) in [4.78, 5) is 15.6. The highest BCUT2D eigenvalue weighted by molar-refractivity contribution is 5.92. The van der Waals surface area contributed by atoms with Crippen LogP contribution >= 0.6 is 0 Å². The van der Waals surface area contributed by atoms with Gasteiger partial charge < -0.3 is 14.4 Å². The van der Waals surface area contributed by atoms with Crippen molar-refractivity contribution in [3.05, 3.63) is 47.6 Å². The molecule has 1 aromatic heterocycles. The lowest BCUT2D eigenvalue weighted by molar-refractivity contribution is -0.132. The van der Waals surface area contributed by atoms with Gasteiger partial charge in [0.25, 0.3) is 0 Å². The number of ether oxygens (including phenoxy) is 1. The molecule has 2 aromatic rings. The molecule has 0 spiro atoms. The van der Waals surface area contributed by atoms with Gasteiger partial charge in [0, 0.05) is 11.8 Å². The molecule has 0 bridgehead atoms. The van der Waals surface area contributed by atoms with E-state index in [9.17, 15) is 9.90 Å². The van der Waals surface area contributed by atoms with Crippen LogP contribution in [0, 0.1) is 12.8 Å². The molecule has 1 aromatic carbocycles. The van der Waals surface area contributed by atoms with Gasteiger partial charge in [0.2, 0.25) is 0 Å². The molecule has 0 amide bonds. The van der Waals surface area contributed by atoms with Gasteiger partial charge in [0.05, 0.1) is 24.8 Å². The summed E-state index contributed by atoms with van der Waals surface area (Å²) in [7, 11) is 1.61. The summed E-state index contributed by atoms with van der Waals surface area (Å²) in [5.41, 5.74) is 3.10. The number of hydrogen-bond donors (Lipinski definition) is 1. The molecular formula is C18H20N2O3. The van der Waals surface area contributed by atoms with Crippen LogP contribution in [0.4, 0.5) is 0 Å². The molecular weight excluding hydrogens is 292 g/mol. The average molecular weight is 312 g/mol. The Bertz CT molecular complexity index is 757. The number of carboxylic acids is 1. The molecule has 1 heterocycles. The highest BCUT2D eigenvalue weighted by Gasteiger charge is 2.25. The number of hydrogen-bond acceptors (Lipinski definition) is 3. The van der Waals surface area contributed by atoms with Gasteiger partial charge in [0.15, 0.2) is 0 Å². The second kappa shape index (κ2) is 6.28. The fourth-order valence-electron chi connectivity index (χ4n) is 2.59. The van der Waals surface area contributed by atoms with Crippen LogP contribution in [-0.4, -0.2) is 27.7 Å². The van der Waals surface area contributed by atoms with Crippen LogP contribution in [0.2, 0.25) is 0 Å². The first-order chi connectivity index (χ1) is 11.1. The van der Waals surface area contributed by atoms with Crippen molar-refractivity contribution in [2.24, 2.45) is 5.92 Å². The third-order valence-electron chi connectivity index (χ3n) is 4.01. The summed E-state index contributed by atoms with van der Waals surface area (Å²) in [6.45, 7) is 1.93. The Labute approximate surface area is 135 Å². The minimum absolute atomic E-state index is 0.459. The molecule has 120 valence electrons. The van der Waals surface area contributed by atoms with E-state index in [1.54, 1.807) is 19.5 Å². The summed E-state index contributed by atoms with van der Waals surface area (Å²) in [6, 6.07) is 5.69. The smallest absolute Gasteiger partial charge is 0.331 e. The van der Waals surface area contributed by atoms with E-state index in [0.717, 1.165) is 29.8 Å². The molecule has 0 radical (unpaired) electrons. The first-order valence-corrected chi connectivity index (χ1v) is 7.69. The summed E-state index contributed by atoms with van der Waals surface area (Å²) < 4.78 is 7.35. The van der Waals surface area contributed by atoms with Gasteiger partial charge in [-0.05, 0) is 55.9 Å². The van der Waals surface area contributed by atoms with Crippen molar-refractivity contribution in [1.82, 2.24) is 9.55 Å². The number of imidazole rings is 1. The second-order valence-corrected chi connectivity index (χ2v) is 5.98. The molecule has 1 fully saturated rings. The lowest BCUT2D eigenvalue weighted by Gasteiger charge is -2.10. The molecule has 23 heavy (non-hydrogen) atoms. The number of carbonyl (C=O) groups is 1. The molecule has 1 saturated carbocycles. The monoisotopic (exact) mass is 312 g/mol. The summed E-state index contributed by atoms with van der Waals surface area (Å²) in [5.74, 6) is 0.380. The van der Waals surface area contributed by atoms with Crippen molar-refractivity contribution < 1.29 is 14.6 Å².